The van der Waals surface area contributed by atoms with E-state index < -0.39 is 39.8 Å². The molecule has 1 amide bonds. The lowest BCUT2D eigenvalue weighted by Crippen LogP contribution is -2.43. The monoisotopic (exact) mass is 604 g/mol. The fourth-order valence-corrected chi connectivity index (χ4v) is 6.62. The lowest BCUT2D eigenvalue weighted by Gasteiger charge is -2.36. The van der Waals surface area contributed by atoms with Crippen molar-refractivity contribution in [2.24, 2.45) is 0 Å². The number of carbonyl (C=O) groups is 1. The van der Waals surface area contributed by atoms with Crippen LogP contribution in [0.25, 0.3) is 0 Å². The van der Waals surface area contributed by atoms with Crippen LogP contribution >= 0.6 is 22.9 Å². The predicted molar refractivity (Wildman–Crippen MR) is 137 cm³/mol. The van der Waals surface area contributed by atoms with Crippen molar-refractivity contribution >= 4 is 44.7 Å². The Balaban J connectivity index is 1.45. The van der Waals surface area contributed by atoms with Crippen molar-refractivity contribution in [3.05, 3.63) is 50.1 Å². The Morgan fingerprint density at radius 1 is 1.21 bits per heavy atom. The highest BCUT2D eigenvalue weighted by Gasteiger charge is 2.42. The van der Waals surface area contributed by atoms with Gasteiger partial charge in [-0.15, -0.1) is 11.3 Å². The normalized spacial score (nSPS) is 17.5. The first kappa shape index (κ1) is 27.6. The first-order valence-corrected chi connectivity index (χ1v) is 15.1. The van der Waals surface area contributed by atoms with E-state index >= 15 is 0 Å². The molecule has 3 aromatic heterocycles. The number of aromatic nitrogens is 4. The standard InChI is InChI=1S/C23H24ClF3N6O4S2/c1-12-20(38-22(28-12)23(25,26)27)19-18-13(29-16-5-3-4-9-32(16)18)8-10-33(19)17(34)11-37-14-6-7-15(30-21(14)24)31-39(2,35)36/h6-7,19H,3-5,8-11H2,1-2H3,(H,30,31). The molecule has 0 aliphatic carbocycles. The van der Waals surface area contributed by atoms with E-state index in [1.807, 2.05) is 4.57 Å². The van der Waals surface area contributed by atoms with Gasteiger partial charge in [0.05, 0.1) is 28.2 Å². The molecule has 0 spiro atoms. The number of carbonyl (C=O) groups excluding carboxylic acids is 1. The van der Waals surface area contributed by atoms with Gasteiger partial charge in [-0.25, -0.2) is 23.4 Å². The molecule has 0 radical (unpaired) electrons. The third-order valence-corrected chi connectivity index (χ3v) is 8.56. The van der Waals surface area contributed by atoms with E-state index in [0.29, 0.717) is 29.2 Å². The maximum atomic E-state index is 13.6. The number of thiazole rings is 1. The van der Waals surface area contributed by atoms with Crippen molar-refractivity contribution in [2.45, 2.75) is 51.4 Å². The number of fused-ring (bicyclic) bond motifs is 3. The number of pyridine rings is 1. The molecule has 0 fully saturated rings. The molecule has 2 aliphatic heterocycles. The highest BCUT2D eigenvalue weighted by molar-refractivity contribution is 7.92. The van der Waals surface area contributed by atoms with Crippen LogP contribution in [0.1, 0.15) is 51.7 Å². The second kappa shape index (κ2) is 10.2. The largest absolute Gasteiger partial charge is 0.481 e. The van der Waals surface area contributed by atoms with Gasteiger partial charge in [-0.05, 0) is 31.9 Å². The summed E-state index contributed by atoms with van der Waals surface area (Å²) in [4.78, 5) is 27.8. The number of nitrogens with zero attached hydrogens (tertiary/aromatic N) is 5. The van der Waals surface area contributed by atoms with Crippen LogP contribution in [0.4, 0.5) is 19.0 Å². The third kappa shape index (κ3) is 5.70. The Morgan fingerprint density at radius 2 is 1.97 bits per heavy atom. The zero-order valence-electron chi connectivity index (χ0n) is 20.9. The lowest BCUT2D eigenvalue weighted by molar-refractivity contribution is -0.137. The molecule has 0 saturated carbocycles. The third-order valence-electron chi connectivity index (χ3n) is 6.45. The number of sulfonamides is 1. The van der Waals surface area contributed by atoms with E-state index in [0.717, 1.165) is 42.7 Å². The Bertz CT molecular complexity index is 1540. The number of hydrogen-bond donors (Lipinski definition) is 1. The number of aryl methyl sites for hydroxylation is 2. The Labute approximate surface area is 231 Å². The van der Waals surface area contributed by atoms with Gasteiger partial charge in [0.2, 0.25) is 10.0 Å². The molecule has 16 heteroatoms. The summed E-state index contributed by atoms with van der Waals surface area (Å²) in [6.07, 6.45) is -0.543. The molecule has 0 bridgehead atoms. The Kier molecular flexibility index (Phi) is 7.26. The fraction of sp³-hybridized carbons (Fsp3) is 0.478. The number of imidazole rings is 1. The van der Waals surface area contributed by atoms with Gasteiger partial charge in [-0.2, -0.15) is 13.2 Å². The van der Waals surface area contributed by atoms with E-state index in [2.05, 4.69) is 14.7 Å². The first-order chi connectivity index (χ1) is 18.3. The maximum Gasteiger partial charge on any atom is 0.443 e. The quantitative estimate of drug-likeness (QED) is 0.423. The molecule has 5 heterocycles. The molecular formula is C23H24ClF3N6O4S2. The molecule has 1 N–H and O–H groups in total. The minimum atomic E-state index is -4.61. The second-order valence-corrected chi connectivity index (χ2v) is 12.5. The minimum Gasteiger partial charge on any atom is -0.481 e. The lowest BCUT2D eigenvalue weighted by atomic mass is 9.99. The van der Waals surface area contributed by atoms with Crippen molar-refractivity contribution in [1.29, 1.82) is 0 Å². The molecule has 5 rings (SSSR count). The average molecular weight is 605 g/mol. The number of rotatable bonds is 6. The smallest absolute Gasteiger partial charge is 0.443 e. The molecule has 10 nitrogen and oxygen atoms in total. The first-order valence-electron chi connectivity index (χ1n) is 12.0. The van der Waals surface area contributed by atoms with Gasteiger partial charge in [-0.1, -0.05) is 11.6 Å². The molecule has 1 unspecified atom stereocenters. The van der Waals surface area contributed by atoms with Gasteiger partial charge in [0, 0.05) is 25.9 Å². The van der Waals surface area contributed by atoms with Gasteiger partial charge < -0.3 is 14.2 Å². The van der Waals surface area contributed by atoms with Crippen molar-refractivity contribution in [2.75, 3.05) is 24.1 Å². The van der Waals surface area contributed by atoms with Crippen LogP contribution in [0.5, 0.6) is 5.75 Å². The molecular weight excluding hydrogens is 581 g/mol. The number of hydrogen-bond acceptors (Lipinski definition) is 8. The van der Waals surface area contributed by atoms with Gasteiger partial charge in [-0.3, -0.25) is 9.52 Å². The van der Waals surface area contributed by atoms with E-state index in [9.17, 15) is 26.4 Å². The van der Waals surface area contributed by atoms with Crippen LogP contribution in [0, 0.1) is 6.92 Å². The topological polar surface area (TPSA) is 119 Å². The minimum absolute atomic E-state index is 0.0172. The summed E-state index contributed by atoms with van der Waals surface area (Å²) < 4.78 is 73.3. The van der Waals surface area contributed by atoms with Crippen LogP contribution in [0.2, 0.25) is 5.15 Å². The average Bonchev–Trinajstić information content (AvgIpc) is 3.42. The number of halogens is 4. The summed E-state index contributed by atoms with van der Waals surface area (Å²) in [5, 5.41) is -1.13. The number of ether oxygens (including phenoxy) is 1. The van der Waals surface area contributed by atoms with Crippen LogP contribution in [-0.2, 0) is 40.4 Å². The highest BCUT2D eigenvalue weighted by Crippen LogP contribution is 2.43. The summed E-state index contributed by atoms with van der Waals surface area (Å²) in [5.41, 5.74) is 1.71. The summed E-state index contributed by atoms with van der Waals surface area (Å²) in [5.74, 6) is 0.443. The van der Waals surface area contributed by atoms with Crippen LogP contribution < -0.4 is 9.46 Å². The van der Waals surface area contributed by atoms with Gasteiger partial charge in [0.15, 0.2) is 22.5 Å². The Hall–Kier alpha value is -2.91. The second-order valence-electron chi connectivity index (χ2n) is 9.32. The summed E-state index contributed by atoms with van der Waals surface area (Å²) in [6, 6.07) is 1.91. The van der Waals surface area contributed by atoms with E-state index in [1.54, 1.807) is 0 Å². The maximum absolute atomic E-state index is 13.6. The van der Waals surface area contributed by atoms with E-state index in [-0.39, 0.29) is 29.0 Å². The molecule has 3 aromatic rings. The molecule has 210 valence electrons. The van der Waals surface area contributed by atoms with Crippen LogP contribution in [0.3, 0.4) is 0 Å². The molecule has 39 heavy (non-hydrogen) atoms. The van der Waals surface area contributed by atoms with Crippen LogP contribution in [-0.4, -0.2) is 58.2 Å². The number of anilines is 1. The van der Waals surface area contributed by atoms with Crippen molar-refractivity contribution in [3.63, 3.8) is 0 Å². The Morgan fingerprint density at radius 3 is 2.64 bits per heavy atom. The SMILES string of the molecule is Cc1nc(C(F)(F)F)sc1C1c2c(nc3n2CCCC3)CCN1C(=O)COc1ccc(NS(C)(=O)=O)nc1Cl. The summed E-state index contributed by atoms with van der Waals surface area (Å²) >= 11 is 6.67. The van der Waals surface area contributed by atoms with Gasteiger partial charge >= 0.3 is 6.18 Å². The summed E-state index contributed by atoms with van der Waals surface area (Å²) in [6.45, 7) is 1.96. The summed E-state index contributed by atoms with van der Waals surface area (Å²) in [7, 11) is -3.57. The highest BCUT2D eigenvalue weighted by atomic mass is 35.5. The van der Waals surface area contributed by atoms with Crippen LogP contribution in [0.15, 0.2) is 12.1 Å². The predicted octanol–water partition coefficient (Wildman–Crippen LogP) is 3.98. The zero-order valence-corrected chi connectivity index (χ0v) is 23.3. The zero-order chi connectivity index (χ0) is 28.1. The number of nitrogens with one attached hydrogen (secondary N) is 1. The molecule has 0 saturated heterocycles. The number of alkyl halides is 3. The molecule has 2 aliphatic rings. The molecule has 0 aromatic carbocycles. The fourth-order valence-electron chi connectivity index (χ4n) is 4.87. The molecule has 1 atom stereocenters. The van der Waals surface area contributed by atoms with E-state index in [1.165, 1.54) is 24.0 Å². The number of amides is 1. The van der Waals surface area contributed by atoms with Crippen molar-refractivity contribution < 1.29 is 31.1 Å². The van der Waals surface area contributed by atoms with Gasteiger partial charge in [0.25, 0.3) is 5.91 Å². The van der Waals surface area contributed by atoms with Crippen molar-refractivity contribution in [3.8, 4) is 5.75 Å². The van der Waals surface area contributed by atoms with Crippen molar-refractivity contribution in [1.82, 2.24) is 24.4 Å². The van der Waals surface area contributed by atoms with Gasteiger partial charge in [0.1, 0.15) is 17.7 Å². The van der Waals surface area contributed by atoms with E-state index in [4.69, 9.17) is 21.3 Å².